The quantitative estimate of drug-likeness (QED) is 0.499. The van der Waals surface area contributed by atoms with Crippen LogP contribution in [0.2, 0.25) is 0 Å². The molecule has 0 bridgehead atoms. The van der Waals surface area contributed by atoms with Crippen LogP contribution in [0.1, 0.15) is 21.5 Å². The molecule has 5 heteroatoms. The minimum absolute atomic E-state index is 0.413. The summed E-state index contributed by atoms with van der Waals surface area (Å²) < 4.78 is 8.58. The van der Waals surface area contributed by atoms with E-state index in [-0.39, 0.29) is 0 Å². The van der Waals surface area contributed by atoms with Gasteiger partial charge in [-0.3, -0.25) is 4.79 Å². The number of aromatic nitrogens is 1. The second-order valence-corrected chi connectivity index (χ2v) is 7.48. The van der Waals surface area contributed by atoms with Gasteiger partial charge < -0.3 is 15.0 Å². The molecule has 0 aliphatic rings. The lowest BCUT2D eigenvalue weighted by Gasteiger charge is -2.09. The first-order chi connectivity index (χ1) is 13.1. The van der Waals surface area contributed by atoms with Crippen LogP contribution in [0, 0.1) is 0 Å². The van der Waals surface area contributed by atoms with Crippen LogP contribution in [0.15, 0.2) is 65.1 Å². The Labute approximate surface area is 165 Å². The Morgan fingerprint density at radius 1 is 1.04 bits per heavy atom. The van der Waals surface area contributed by atoms with Crippen LogP contribution >= 0.6 is 15.9 Å². The summed E-state index contributed by atoms with van der Waals surface area (Å²) in [7, 11) is 1.69. The maximum absolute atomic E-state index is 12.0. The van der Waals surface area contributed by atoms with E-state index in [9.17, 15) is 4.79 Å². The van der Waals surface area contributed by atoms with Crippen LogP contribution in [0.3, 0.4) is 0 Å². The fraction of sp³-hybridized carbons (Fsp3) is 0.136. The van der Waals surface area contributed by atoms with Gasteiger partial charge in [-0.05, 0) is 41.5 Å². The Hall–Kier alpha value is -2.63. The minimum Gasteiger partial charge on any atom is -0.380 e. The Kier molecular flexibility index (Phi) is 4.72. The van der Waals surface area contributed by atoms with Crippen molar-refractivity contribution >= 4 is 43.6 Å². The Morgan fingerprint density at radius 3 is 2.48 bits per heavy atom. The monoisotopic (exact) mass is 422 g/mol. The number of carbonyl (C=O) groups excluding carboxylic acids is 1. The predicted molar refractivity (Wildman–Crippen MR) is 112 cm³/mol. The number of primary amides is 1. The van der Waals surface area contributed by atoms with E-state index in [1.165, 1.54) is 5.56 Å². The number of fused-ring (bicyclic) bond motifs is 3. The topological polar surface area (TPSA) is 57.2 Å². The number of nitrogens with two attached hydrogens (primary N) is 1. The summed E-state index contributed by atoms with van der Waals surface area (Å²) in [6.45, 7) is 1.24. The summed E-state index contributed by atoms with van der Waals surface area (Å²) >= 11 is 3.48. The molecule has 27 heavy (non-hydrogen) atoms. The number of nitrogens with zero attached hydrogens (tertiary/aromatic N) is 1. The van der Waals surface area contributed by atoms with Crippen molar-refractivity contribution in [3.05, 3.63) is 81.8 Å². The van der Waals surface area contributed by atoms with Crippen LogP contribution in [0.4, 0.5) is 0 Å². The summed E-state index contributed by atoms with van der Waals surface area (Å²) in [6, 6.07) is 20.2. The van der Waals surface area contributed by atoms with Crippen molar-refractivity contribution in [2.45, 2.75) is 13.2 Å². The second-order valence-electron chi connectivity index (χ2n) is 6.56. The molecular weight excluding hydrogens is 404 g/mol. The van der Waals surface area contributed by atoms with Gasteiger partial charge >= 0.3 is 0 Å². The van der Waals surface area contributed by atoms with Gasteiger partial charge in [0.15, 0.2) is 0 Å². The summed E-state index contributed by atoms with van der Waals surface area (Å²) in [4.78, 5) is 12.0. The normalized spacial score (nSPS) is 11.3. The van der Waals surface area contributed by atoms with Crippen molar-refractivity contribution in [2.24, 2.45) is 5.73 Å². The largest absolute Gasteiger partial charge is 0.380 e. The third kappa shape index (κ3) is 3.24. The number of hydrogen-bond donors (Lipinski definition) is 1. The Balaban J connectivity index is 2.00. The zero-order valence-corrected chi connectivity index (χ0v) is 16.5. The number of hydrogen-bond acceptors (Lipinski definition) is 2. The first-order valence-electron chi connectivity index (χ1n) is 8.65. The van der Waals surface area contributed by atoms with Gasteiger partial charge in [0.25, 0.3) is 0 Å². The lowest BCUT2D eigenvalue weighted by molar-refractivity contribution is 0.100. The number of benzene rings is 3. The Bertz CT molecular complexity index is 1150. The van der Waals surface area contributed by atoms with E-state index in [2.05, 4.69) is 44.8 Å². The highest BCUT2D eigenvalue weighted by Crippen LogP contribution is 2.33. The van der Waals surface area contributed by atoms with Crippen LogP contribution in [0.5, 0.6) is 0 Å². The van der Waals surface area contributed by atoms with E-state index in [1.54, 1.807) is 13.2 Å². The highest BCUT2D eigenvalue weighted by Gasteiger charge is 2.17. The van der Waals surface area contributed by atoms with E-state index in [4.69, 9.17) is 10.5 Å². The zero-order valence-electron chi connectivity index (χ0n) is 14.9. The van der Waals surface area contributed by atoms with E-state index < -0.39 is 5.91 Å². The van der Waals surface area contributed by atoms with Gasteiger partial charge in [0.2, 0.25) is 5.91 Å². The molecular formula is C22H19BrN2O2. The SMILES string of the molecule is COCc1ccc2c3c(C(N)=O)cccc3n(Cc3ccc(Br)cc3)c2c1. The molecule has 0 aliphatic heterocycles. The second kappa shape index (κ2) is 7.18. The minimum atomic E-state index is -0.413. The molecule has 0 radical (unpaired) electrons. The van der Waals surface area contributed by atoms with Gasteiger partial charge in [-0.1, -0.05) is 46.3 Å². The standard InChI is InChI=1S/C22H19BrN2O2/c1-27-13-15-7-10-17-20(11-15)25(12-14-5-8-16(23)9-6-14)19-4-2-3-18(21(17)19)22(24)26/h2-11H,12-13H2,1H3,(H2,24,26). The fourth-order valence-electron chi connectivity index (χ4n) is 3.59. The molecule has 4 nitrogen and oxygen atoms in total. The molecule has 1 amide bonds. The molecule has 3 aromatic carbocycles. The molecule has 136 valence electrons. The summed E-state index contributed by atoms with van der Waals surface area (Å²) in [5.74, 6) is -0.413. The smallest absolute Gasteiger partial charge is 0.249 e. The third-order valence-corrected chi connectivity index (χ3v) is 5.31. The zero-order chi connectivity index (χ0) is 19.0. The average Bonchev–Trinajstić information content (AvgIpc) is 2.97. The van der Waals surface area contributed by atoms with E-state index in [0.29, 0.717) is 18.7 Å². The molecule has 4 rings (SSSR count). The van der Waals surface area contributed by atoms with Crippen LogP contribution < -0.4 is 5.73 Å². The average molecular weight is 423 g/mol. The molecule has 0 spiro atoms. The fourth-order valence-corrected chi connectivity index (χ4v) is 3.86. The van der Waals surface area contributed by atoms with Crippen molar-refractivity contribution in [1.82, 2.24) is 4.57 Å². The van der Waals surface area contributed by atoms with Gasteiger partial charge in [0.05, 0.1) is 12.1 Å². The van der Waals surface area contributed by atoms with Crippen LogP contribution in [-0.2, 0) is 17.9 Å². The lowest BCUT2D eigenvalue weighted by atomic mass is 10.0. The summed E-state index contributed by atoms with van der Waals surface area (Å²) in [5.41, 5.74) is 10.5. The van der Waals surface area contributed by atoms with Crippen LogP contribution in [0.25, 0.3) is 21.8 Å². The molecule has 2 N–H and O–H groups in total. The van der Waals surface area contributed by atoms with Crippen molar-refractivity contribution in [1.29, 1.82) is 0 Å². The number of amides is 1. The highest BCUT2D eigenvalue weighted by atomic mass is 79.9. The lowest BCUT2D eigenvalue weighted by Crippen LogP contribution is -2.11. The third-order valence-electron chi connectivity index (χ3n) is 4.79. The first-order valence-corrected chi connectivity index (χ1v) is 9.45. The van der Waals surface area contributed by atoms with Gasteiger partial charge in [-0.2, -0.15) is 0 Å². The molecule has 0 saturated carbocycles. The number of methoxy groups -OCH3 is 1. The van der Waals surface area contributed by atoms with E-state index in [0.717, 1.165) is 31.8 Å². The molecule has 0 unspecified atom stereocenters. The molecule has 0 saturated heterocycles. The van der Waals surface area contributed by atoms with E-state index in [1.807, 2.05) is 30.3 Å². The van der Waals surface area contributed by atoms with Gasteiger partial charge in [-0.15, -0.1) is 0 Å². The van der Waals surface area contributed by atoms with Gasteiger partial charge in [-0.25, -0.2) is 0 Å². The number of carbonyl (C=O) groups is 1. The molecule has 4 aromatic rings. The predicted octanol–water partition coefficient (Wildman–Crippen LogP) is 4.85. The van der Waals surface area contributed by atoms with Gasteiger partial charge in [0, 0.05) is 40.0 Å². The molecule has 0 atom stereocenters. The first kappa shape index (κ1) is 17.8. The highest BCUT2D eigenvalue weighted by molar-refractivity contribution is 9.10. The summed E-state index contributed by atoms with van der Waals surface area (Å²) in [5, 5.41) is 1.93. The van der Waals surface area contributed by atoms with Crippen molar-refractivity contribution in [3.8, 4) is 0 Å². The molecule has 0 fully saturated rings. The Morgan fingerprint density at radius 2 is 1.78 bits per heavy atom. The van der Waals surface area contributed by atoms with Gasteiger partial charge in [0.1, 0.15) is 0 Å². The van der Waals surface area contributed by atoms with Crippen molar-refractivity contribution in [3.63, 3.8) is 0 Å². The maximum Gasteiger partial charge on any atom is 0.249 e. The maximum atomic E-state index is 12.0. The van der Waals surface area contributed by atoms with Crippen molar-refractivity contribution < 1.29 is 9.53 Å². The van der Waals surface area contributed by atoms with E-state index >= 15 is 0 Å². The van der Waals surface area contributed by atoms with Crippen molar-refractivity contribution in [2.75, 3.05) is 7.11 Å². The summed E-state index contributed by atoms with van der Waals surface area (Å²) in [6.07, 6.45) is 0. The number of halogens is 1. The van der Waals surface area contributed by atoms with Crippen LogP contribution in [-0.4, -0.2) is 17.6 Å². The number of rotatable bonds is 5. The number of ether oxygens (including phenoxy) is 1. The molecule has 0 aliphatic carbocycles. The molecule has 1 aromatic heterocycles. The molecule has 1 heterocycles.